The first-order valence-electron chi connectivity index (χ1n) is 11.5. The highest BCUT2D eigenvalue weighted by Crippen LogP contribution is 2.22. The quantitative estimate of drug-likeness (QED) is 0.427. The second kappa shape index (κ2) is 9.99. The summed E-state index contributed by atoms with van der Waals surface area (Å²) in [6.07, 6.45) is 4.74. The number of carbonyl (C=O) groups excluding carboxylic acids is 1. The predicted molar refractivity (Wildman–Crippen MR) is 134 cm³/mol. The number of pyridine rings is 1. The molecule has 2 aromatic carbocycles. The standard InChI is InChI=1S/C26H26N4O4S/c31-26(13-6-20-4-11-23(12-5-20)35(32,33)30-15-17-34-18-16-30)27-22-9-7-21(8-10-22)24-19-29-14-2-1-3-25(29)28-24/h1-5,7-12,14,19H,6,13,15-18H2,(H,27,31). The van der Waals surface area contributed by atoms with E-state index in [1.807, 2.05) is 59.3 Å². The smallest absolute Gasteiger partial charge is 0.243 e. The molecule has 1 saturated heterocycles. The van der Waals surface area contributed by atoms with Crippen LogP contribution in [0.1, 0.15) is 12.0 Å². The number of imidazole rings is 1. The molecule has 1 aliphatic rings. The largest absolute Gasteiger partial charge is 0.379 e. The van der Waals surface area contributed by atoms with Crippen LogP contribution in [0.4, 0.5) is 5.69 Å². The van der Waals surface area contributed by atoms with Crippen molar-refractivity contribution in [3.63, 3.8) is 0 Å². The average Bonchev–Trinajstić information content (AvgIpc) is 3.33. The van der Waals surface area contributed by atoms with Crippen molar-refractivity contribution in [1.82, 2.24) is 13.7 Å². The molecule has 1 fully saturated rings. The molecule has 1 amide bonds. The lowest BCUT2D eigenvalue weighted by Gasteiger charge is -2.26. The number of aryl methyl sites for hydroxylation is 1. The Morgan fingerprint density at radius 3 is 2.43 bits per heavy atom. The number of sulfonamides is 1. The number of hydrogen-bond donors (Lipinski definition) is 1. The summed E-state index contributed by atoms with van der Waals surface area (Å²) in [5, 5.41) is 2.92. The number of nitrogens with one attached hydrogen (secondary N) is 1. The van der Waals surface area contributed by atoms with E-state index < -0.39 is 10.0 Å². The number of fused-ring (bicyclic) bond motifs is 1. The van der Waals surface area contributed by atoms with Crippen LogP contribution in [-0.2, 0) is 26.0 Å². The Bertz CT molecular complexity index is 1390. The van der Waals surface area contributed by atoms with Crippen LogP contribution in [0.5, 0.6) is 0 Å². The van der Waals surface area contributed by atoms with Gasteiger partial charge in [0, 0.05) is 43.2 Å². The van der Waals surface area contributed by atoms with E-state index in [0.29, 0.717) is 39.1 Å². The number of rotatable bonds is 7. The van der Waals surface area contributed by atoms with Crippen molar-refractivity contribution in [2.45, 2.75) is 17.7 Å². The highest BCUT2D eigenvalue weighted by atomic mass is 32.2. The summed E-state index contributed by atoms with van der Waals surface area (Å²) in [7, 11) is -3.51. The van der Waals surface area contributed by atoms with Gasteiger partial charge in [0.05, 0.1) is 23.8 Å². The van der Waals surface area contributed by atoms with E-state index in [-0.39, 0.29) is 10.8 Å². The van der Waals surface area contributed by atoms with Crippen LogP contribution >= 0.6 is 0 Å². The van der Waals surface area contributed by atoms with Gasteiger partial charge < -0.3 is 14.5 Å². The summed E-state index contributed by atoms with van der Waals surface area (Å²) in [4.78, 5) is 17.3. The van der Waals surface area contributed by atoms with Gasteiger partial charge in [-0.25, -0.2) is 13.4 Å². The molecule has 4 aromatic rings. The maximum Gasteiger partial charge on any atom is 0.243 e. The molecule has 2 aromatic heterocycles. The summed E-state index contributed by atoms with van der Waals surface area (Å²) < 4.78 is 34.1. The molecule has 35 heavy (non-hydrogen) atoms. The molecule has 8 nitrogen and oxygen atoms in total. The van der Waals surface area contributed by atoms with Gasteiger partial charge in [0.1, 0.15) is 5.65 Å². The van der Waals surface area contributed by atoms with E-state index in [4.69, 9.17) is 4.74 Å². The molecule has 1 N–H and O–H groups in total. The fourth-order valence-electron chi connectivity index (χ4n) is 4.04. The molecular formula is C26H26N4O4S. The second-order valence-electron chi connectivity index (χ2n) is 8.38. The van der Waals surface area contributed by atoms with E-state index in [1.165, 1.54) is 4.31 Å². The summed E-state index contributed by atoms with van der Waals surface area (Å²) in [5.41, 5.74) is 4.34. The third-order valence-electron chi connectivity index (χ3n) is 6.00. The minimum absolute atomic E-state index is 0.101. The van der Waals surface area contributed by atoms with Crippen LogP contribution in [0, 0.1) is 0 Å². The Morgan fingerprint density at radius 2 is 1.71 bits per heavy atom. The molecule has 0 saturated carbocycles. The molecule has 0 atom stereocenters. The fourth-order valence-corrected chi connectivity index (χ4v) is 5.45. The van der Waals surface area contributed by atoms with Crippen molar-refractivity contribution < 1.29 is 17.9 Å². The van der Waals surface area contributed by atoms with Gasteiger partial charge in [0.25, 0.3) is 0 Å². The molecular weight excluding hydrogens is 464 g/mol. The molecule has 0 radical (unpaired) electrons. The second-order valence-corrected chi connectivity index (χ2v) is 10.3. The SMILES string of the molecule is O=C(CCc1ccc(S(=O)(=O)N2CCOCC2)cc1)Nc1ccc(-c2cn3ccccc3n2)cc1. The third kappa shape index (κ3) is 5.27. The zero-order valence-electron chi connectivity index (χ0n) is 19.1. The van der Waals surface area contributed by atoms with Crippen LogP contribution in [0.15, 0.2) is 84.0 Å². The molecule has 9 heteroatoms. The zero-order valence-corrected chi connectivity index (χ0v) is 19.9. The van der Waals surface area contributed by atoms with Crippen LogP contribution in [0.3, 0.4) is 0 Å². The van der Waals surface area contributed by atoms with Crippen LogP contribution < -0.4 is 5.32 Å². The van der Waals surface area contributed by atoms with E-state index in [9.17, 15) is 13.2 Å². The van der Waals surface area contributed by atoms with Crippen LogP contribution in [0.2, 0.25) is 0 Å². The number of ether oxygens (including phenoxy) is 1. The Balaban J connectivity index is 1.15. The molecule has 0 bridgehead atoms. The normalized spacial score (nSPS) is 14.7. The van der Waals surface area contributed by atoms with Crippen molar-refractivity contribution in [3.8, 4) is 11.3 Å². The number of aromatic nitrogens is 2. The number of carbonyl (C=O) groups is 1. The lowest BCUT2D eigenvalue weighted by Crippen LogP contribution is -2.40. The topological polar surface area (TPSA) is 93.0 Å². The van der Waals surface area contributed by atoms with Gasteiger partial charge in [-0.1, -0.05) is 30.3 Å². The van der Waals surface area contributed by atoms with Gasteiger partial charge in [0.2, 0.25) is 15.9 Å². The Hall–Kier alpha value is -3.53. The maximum absolute atomic E-state index is 12.7. The molecule has 5 rings (SSSR count). The van der Waals surface area contributed by atoms with Crippen molar-refractivity contribution in [2.75, 3.05) is 31.6 Å². The van der Waals surface area contributed by atoms with Crippen LogP contribution in [-0.4, -0.2) is 54.3 Å². The Morgan fingerprint density at radius 1 is 0.971 bits per heavy atom. The first kappa shape index (κ1) is 23.2. The van der Waals surface area contributed by atoms with Gasteiger partial charge in [-0.05, 0) is 48.4 Å². The van der Waals surface area contributed by atoms with Gasteiger partial charge in [-0.2, -0.15) is 4.31 Å². The highest BCUT2D eigenvalue weighted by molar-refractivity contribution is 7.89. The van der Waals surface area contributed by atoms with Crippen molar-refractivity contribution in [3.05, 3.63) is 84.7 Å². The number of benzene rings is 2. The van der Waals surface area contributed by atoms with E-state index >= 15 is 0 Å². The summed E-state index contributed by atoms with van der Waals surface area (Å²) in [6.45, 7) is 1.56. The first-order valence-corrected chi connectivity index (χ1v) is 12.9. The molecule has 0 unspecified atom stereocenters. The molecule has 1 aliphatic heterocycles. The van der Waals surface area contributed by atoms with Gasteiger partial charge in [0.15, 0.2) is 0 Å². The number of nitrogens with zero attached hydrogens (tertiary/aromatic N) is 3. The van der Waals surface area contributed by atoms with E-state index in [0.717, 1.165) is 28.2 Å². The zero-order chi connectivity index (χ0) is 24.3. The molecule has 0 aliphatic carbocycles. The number of anilines is 1. The number of amides is 1. The Kier molecular flexibility index (Phi) is 6.63. The van der Waals surface area contributed by atoms with Crippen molar-refractivity contribution in [2.24, 2.45) is 0 Å². The van der Waals surface area contributed by atoms with E-state index in [2.05, 4.69) is 10.3 Å². The van der Waals surface area contributed by atoms with Gasteiger partial charge in [-0.3, -0.25) is 4.79 Å². The average molecular weight is 491 g/mol. The monoisotopic (exact) mass is 490 g/mol. The first-order chi connectivity index (χ1) is 17.0. The van der Waals surface area contributed by atoms with E-state index in [1.54, 1.807) is 24.3 Å². The lowest BCUT2D eigenvalue weighted by molar-refractivity contribution is -0.116. The number of hydrogen-bond acceptors (Lipinski definition) is 5. The van der Waals surface area contributed by atoms with Crippen LogP contribution in [0.25, 0.3) is 16.9 Å². The number of morpholine rings is 1. The predicted octanol–water partition coefficient (Wildman–Crippen LogP) is 3.59. The van der Waals surface area contributed by atoms with Gasteiger partial charge in [-0.15, -0.1) is 0 Å². The van der Waals surface area contributed by atoms with Crippen molar-refractivity contribution >= 4 is 27.3 Å². The van der Waals surface area contributed by atoms with Crippen molar-refractivity contribution in [1.29, 1.82) is 0 Å². The summed E-state index contributed by atoms with van der Waals surface area (Å²) in [6, 6.07) is 20.2. The molecule has 0 spiro atoms. The van der Waals surface area contributed by atoms with Gasteiger partial charge >= 0.3 is 0 Å². The Labute approximate surface area is 204 Å². The summed E-state index contributed by atoms with van der Waals surface area (Å²) >= 11 is 0. The minimum atomic E-state index is -3.51. The molecule has 180 valence electrons. The minimum Gasteiger partial charge on any atom is -0.379 e. The summed E-state index contributed by atoms with van der Waals surface area (Å²) in [5.74, 6) is -0.101. The fraction of sp³-hybridized carbons (Fsp3) is 0.231. The lowest BCUT2D eigenvalue weighted by atomic mass is 10.1. The highest BCUT2D eigenvalue weighted by Gasteiger charge is 2.26. The maximum atomic E-state index is 12.7. The molecule has 3 heterocycles. The third-order valence-corrected chi connectivity index (χ3v) is 7.91.